The van der Waals surface area contributed by atoms with E-state index in [1.165, 1.54) is 21.3 Å². The van der Waals surface area contributed by atoms with E-state index in [-0.39, 0.29) is 18.9 Å². The minimum atomic E-state index is -0.506. The van der Waals surface area contributed by atoms with Crippen molar-refractivity contribution < 1.29 is 23.8 Å². The number of nitrogens with one attached hydrogen (secondary N) is 2. The molecule has 1 unspecified atom stereocenters. The molecule has 0 heterocycles. The van der Waals surface area contributed by atoms with Crippen LogP contribution in [0.25, 0.3) is 0 Å². The third kappa shape index (κ3) is 4.92. The number of amides is 1. The van der Waals surface area contributed by atoms with Crippen molar-refractivity contribution in [1.82, 2.24) is 10.6 Å². The quantitative estimate of drug-likeness (QED) is 0.686. The van der Waals surface area contributed by atoms with E-state index in [4.69, 9.17) is 9.47 Å². The van der Waals surface area contributed by atoms with E-state index in [1.54, 1.807) is 25.2 Å². The molecule has 1 rings (SSSR count). The van der Waals surface area contributed by atoms with Gasteiger partial charge in [-0.15, -0.1) is 0 Å². The molecule has 0 saturated heterocycles. The van der Waals surface area contributed by atoms with Crippen molar-refractivity contribution in [1.29, 1.82) is 0 Å². The van der Waals surface area contributed by atoms with Gasteiger partial charge in [0.15, 0.2) is 11.5 Å². The SMILES string of the molecule is CNCC(=O)NC(CC(=O)OC)c1ccc(OC)c(OC)c1. The highest BCUT2D eigenvalue weighted by Gasteiger charge is 2.20. The largest absolute Gasteiger partial charge is 0.493 e. The molecule has 0 aliphatic rings. The molecule has 1 atom stereocenters. The van der Waals surface area contributed by atoms with Crippen LogP contribution in [-0.2, 0) is 14.3 Å². The van der Waals surface area contributed by atoms with Crippen molar-refractivity contribution in [3.63, 3.8) is 0 Å². The topological polar surface area (TPSA) is 85.9 Å². The molecular weight excluding hydrogens is 288 g/mol. The fourth-order valence-electron chi connectivity index (χ4n) is 1.98. The van der Waals surface area contributed by atoms with Gasteiger partial charge in [0.2, 0.25) is 5.91 Å². The Morgan fingerprint density at radius 1 is 1.14 bits per heavy atom. The van der Waals surface area contributed by atoms with Crippen LogP contribution in [0.3, 0.4) is 0 Å². The smallest absolute Gasteiger partial charge is 0.307 e. The van der Waals surface area contributed by atoms with Crippen molar-refractivity contribution in [2.75, 3.05) is 34.9 Å². The van der Waals surface area contributed by atoms with Gasteiger partial charge in [0, 0.05) is 0 Å². The molecule has 7 heteroatoms. The van der Waals surface area contributed by atoms with Crippen molar-refractivity contribution in [2.45, 2.75) is 12.5 Å². The van der Waals surface area contributed by atoms with E-state index < -0.39 is 12.0 Å². The first kappa shape index (κ1) is 17.8. The van der Waals surface area contributed by atoms with Gasteiger partial charge >= 0.3 is 5.97 Å². The van der Waals surface area contributed by atoms with Crippen LogP contribution in [0.5, 0.6) is 11.5 Å². The summed E-state index contributed by atoms with van der Waals surface area (Å²) in [5, 5.41) is 5.55. The first-order valence-electron chi connectivity index (χ1n) is 6.78. The van der Waals surface area contributed by atoms with Crippen LogP contribution in [-0.4, -0.2) is 46.8 Å². The van der Waals surface area contributed by atoms with Gasteiger partial charge in [0.1, 0.15) is 0 Å². The van der Waals surface area contributed by atoms with Crippen LogP contribution < -0.4 is 20.1 Å². The minimum absolute atomic E-state index is 0.0292. The second-order valence-corrected chi connectivity index (χ2v) is 4.55. The zero-order chi connectivity index (χ0) is 16.5. The van der Waals surface area contributed by atoms with Crippen LogP contribution in [0.2, 0.25) is 0 Å². The Hall–Kier alpha value is -2.28. The monoisotopic (exact) mass is 310 g/mol. The zero-order valence-corrected chi connectivity index (χ0v) is 13.3. The predicted octanol–water partition coefficient (Wildman–Crippen LogP) is 0.644. The molecule has 122 valence electrons. The second-order valence-electron chi connectivity index (χ2n) is 4.55. The summed E-state index contributed by atoms with van der Waals surface area (Å²) >= 11 is 0. The van der Waals surface area contributed by atoms with Gasteiger partial charge < -0.3 is 24.8 Å². The van der Waals surface area contributed by atoms with Gasteiger partial charge in [0.25, 0.3) is 0 Å². The molecular formula is C15H22N2O5. The molecule has 0 bridgehead atoms. The number of carbonyl (C=O) groups excluding carboxylic acids is 2. The molecule has 1 amide bonds. The van der Waals surface area contributed by atoms with Gasteiger partial charge in [-0.3, -0.25) is 9.59 Å². The second kappa shape index (κ2) is 8.89. The van der Waals surface area contributed by atoms with Crippen LogP contribution in [0.1, 0.15) is 18.0 Å². The highest BCUT2D eigenvalue weighted by atomic mass is 16.5. The van der Waals surface area contributed by atoms with Gasteiger partial charge in [-0.2, -0.15) is 0 Å². The maximum Gasteiger partial charge on any atom is 0.307 e. The van der Waals surface area contributed by atoms with Crippen molar-refractivity contribution in [3.8, 4) is 11.5 Å². The lowest BCUT2D eigenvalue weighted by atomic mass is 10.0. The lowest BCUT2D eigenvalue weighted by Crippen LogP contribution is -2.36. The van der Waals surface area contributed by atoms with E-state index in [9.17, 15) is 9.59 Å². The van der Waals surface area contributed by atoms with E-state index in [0.29, 0.717) is 11.5 Å². The van der Waals surface area contributed by atoms with E-state index >= 15 is 0 Å². The average molecular weight is 310 g/mol. The summed E-state index contributed by atoms with van der Waals surface area (Å²) < 4.78 is 15.1. The maximum absolute atomic E-state index is 11.8. The molecule has 22 heavy (non-hydrogen) atoms. The average Bonchev–Trinajstić information content (AvgIpc) is 2.53. The summed E-state index contributed by atoms with van der Waals surface area (Å²) in [4.78, 5) is 23.4. The number of hydrogen-bond acceptors (Lipinski definition) is 6. The lowest BCUT2D eigenvalue weighted by molar-refractivity contribution is -0.141. The van der Waals surface area contributed by atoms with Crippen LogP contribution in [0.4, 0.5) is 0 Å². The van der Waals surface area contributed by atoms with Gasteiger partial charge in [-0.1, -0.05) is 6.07 Å². The summed E-state index contributed by atoms with van der Waals surface area (Å²) in [5.41, 5.74) is 0.729. The molecule has 0 fully saturated rings. The maximum atomic E-state index is 11.8. The molecule has 0 aliphatic carbocycles. The molecule has 7 nitrogen and oxygen atoms in total. The number of benzene rings is 1. The standard InChI is InChI=1S/C15H22N2O5/c1-16-9-14(18)17-11(8-15(19)22-4)10-5-6-12(20-2)13(7-10)21-3/h5-7,11,16H,8-9H2,1-4H3,(H,17,18). The van der Waals surface area contributed by atoms with E-state index in [2.05, 4.69) is 15.4 Å². The third-order valence-electron chi connectivity index (χ3n) is 3.08. The molecule has 0 spiro atoms. The number of hydrogen-bond donors (Lipinski definition) is 2. The Labute approximate surface area is 129 Å². The number of rotatable bonds is 8. The first-order chi connectivity index (χ1) is 10.5. The van der Waals surface area contributed by atoms with Gasteiger partial charge in [-0.25, -0.2) is 0 Å². The fourth-order valence-corrected chi connectivity index (χ4v) is 1.98. The summed E-state index contributed by atoms with van der Waals surface area (Å²) in [5.74, 6) is 0.470. The van der Waals surface area contributed by atoms with Crippen LogP contribution in [0, 0.1) is 0 Å². The Kier molecular flexibility index (Phi) is 7.18. The van der Waals surface area contributed by atoms with Crippen LogP contribution in [0.15, 0.2) is 18.2 Å². The Morgan fingerprint density at radius 2 is 1.82 bits per heavy atom. The zero-order valence-electron chi connectivity index (χ0n) is 13.3. The Morgan fingerprint density at radius 3 is 2.36 bits per heavy atom. The van der Waals surface area contributed by atoms with Gasteiger partial charge in [-0.05, 0) is 24.7 Å². The Bertz CT molecular complexity index is 519. The number of methoxy groups -OCH3 is 3. The first-order valence-corrected chi connectivity index (χ1v) is 6.78. The minimum Gasteiger partial charge on any atom is -0.493 e. The van der Waals surface area contributed by atoms with E-state index in [0.717, 1.165) is 5.56 Å². The molecule has 0 aliphatic heterocycles. The number of carbonyl (C=O) groups is 2. The lowest BCUT2D eigenvalue weighted by Gasteiger charge is -2.19. The highest BCUT2D eigenvalue weighted by molar-refractivity contribution is 5.79. The molecule has 2 N–H and O–H groups in total. The molecule has 0 saturated carbocycles. The normalized spacial score (nSPS) is 11.5. The van der Waals surface area contributed by atoms with Crippen LogP contribution >= 0.6 is 0 Å². The van der Waals surface area contributed by atoms with Crippen molar-refractivity contribution in [3.05, 3.63) is 23.8 Å². The summed E-state index contributed by atoms with van der Waals surface area (Å²) in [6.07, 6.45) is 0.0292. The summed E-state index contributed by atoms with van der Waals surface area (Å²) in [6, 6.07) is 4.72. The molecule has 1 aromatic carbocycles. The summed E-state index contributed by atoms with van der Waals surface area (Å²) in [7, 11) is 6.05. The Balaban J connectivity index is 3.03. The highest BCUT2D eigenvalue weighted by Crippen LogP contribution is 2.31. The number of ether oxygens (including phenoxy) is 3. The van der Waals surface area contributed by atoms with Crippen molar-refractivity contribution >= 4 is 11.9 Å². The third-order valence-corrected chi connectivity index (χ3v) is 3.08. The molecule has 0 aromatic heterocycles. The number of esters is 1. The van der Waals surface area contributed by atoms with E-state index in [1.807, 2.05) is 0 Å². The molecule has 0 radical (unpaired) electrons. The molecule has 1 aromatic rings. The number of likely N-dealkylation sites (N-methyl/N-ethyl adjacent to an activating group) is 1. The van der Waals surface area contributed by atoms with Crippen molar-refractivity contribution in [2.24, 2.45) is 0 Å². The summed E-state index contributed by atoms with van der Waals surface area (Å²) in [6.45, 7) is 0.158. The predicted molar refractivity (Wildman–Crippen MR) is 81.0 cm³/mol. The van der Waals surface area contributed by atoms with Gasteiger partial charge in [0.05, 0.1) is 40.3 Å². The fraction of sp³-hybridized carbons (Fsp3) is 0.467.